The lowest BCUT2D eigenvalue weighted by Crippen LogP contribution is -2.28. The molecule has 0 unspecified atom stereocenters. The highest BCUT2D eigenvalue weighted by Gasteiger charge is 2.13. The van der Waals surface area contributed by atoms with Gasteiger partial charge in [-0.05, 0) is 18.4 Å². The lowest BCUT2D eigenvalue weighted by atomic mass is 10.3. The van der Waals surface area contributed by atoms with Crippen molar-refractivity contribution in [2.75, 3.05) is 11.9 Å². The Balaban J connectivity index is 2.60. The van der Waals surface area contributed by atoms with Gasteiger partial charge in [-0.1, -0.05) is 0 Å². The predicted octanol–water partition coefficient (Wildman–Crippen LogP) is 1.52. The van der Waals surface area contributed by atoms with E-state index in [0.717, 1.165) is 11.3 Å². The molecular formula is C8H10N2O4S. The summed E-state index contributed by atoms with van der Waals surface area (Å²) in [6.45, 7) is 2.05. The molecule has 1 aromatic heterocycles. The number of carboxylic acid groups (broad SMARTS) is 1. The quantitative estimate of drug-likeness (QED) is 0.684. The number of thiophene rings is 1. The van der Waals surface area contributed by atoms with E-state index in [0.29, 0.717) is 6.61 Å². The fourth-order valence-corrected chi connectivity index (χ4v) is 1.61. The van der Waals surface area contributed by atoms with E-state index in [-0.39, 0.29) is 10.6 Å². The van der Waals surface area contributed by atoms with Crippen molar-refractivity contribution in [2.45, 2.75) is 6.92 Å². The van der Waals surface area contributed by atoms with Crippen LogP contribution in [-0.4, -0.2) is 23.7 Å². The van der Waals surface area contributed by atoms with Crippen molar-refractivity contribution in [2.24, 2.45) is 0 Å². The summed E-state index contributed by atoms with van der Waals surface area (Å²) in [5.74, 6) is -1.08. The fraction of sp³-hybridized carbons (Fsp3) is 0.250. The molecule has 0 saturated heterocycles. The van der Waals surface area contributed by atoms with E-state index in [2.05, 4.69) is 15.6 Å². The summed E-state index contributed by atoms with van der Waals surface area (Å²) in [6.07, 6.45) is 0. The lowest BCUT2D eigenvalue weighted by molar-refractivity contribution is 0.0698. The van der Waals surface area contributed by atoms with E-state index < -0.39 is 12.0 Å². The fourth-order valence-electron chi connectivity index (χ4n) is 0.841. The third-order valence-corrected chi connectivity index (χ3v) is 2.26. The van der Waals surface area contributed by atoms with Crippen molar-refractivity contribution in [1.29, 1.82) is 0 Å². The largest absolute Gasteiger partial charge is 0.478 e. The average Bonchev–Trinajstić information content (AvgIpc) is 2.62. The Labute approximate surface area is 89.8 Å². The summed E-state index contributed by atoms with van der Waals surface area (Å²) < 4.78 is 0. The van der Waals surface area contributed by atoms with Crippen molar-refractivity contribution in [3.63, 3.8) is 0 Å². The van der Waals surface area contributed by atoms with Gasteiger partial charge in [-0.2, -0.15) is 0 Å². The second-order valence-electron chi connectivity index (χ2n) is 2.46. The first-order valence-corrected chi connectivity index (χ1v) is 5.02. The van der Waals surface area contributed by atoms with Gasteiger partial charge >= 0.3 is 12.0 Å². The van der Waals surface area contributed by atoms with Gasteiger partial charge in [0.05, 0.1) is 12.2 Å². The van der Waals surface area contributed by atoms with Crippen LogP contribution in [0.15, 0.2) is 11.4 Å². The van der Waals surface area contributed by atoms with E-state index in [1.165, 1.54) is 6.07 Å². The molecule has 0 saturated carbocycles. The maximum atomic E-state index is 11.1. The highest BCUT2D eigenvalue weighted by Crippen LogP contribution is 2.22. The Morgan fingerprint density at radius 3 is 2.93 bits per heavy atom. The minimum absolute atomic E-state index is 0.0617. The number of aromatic carboxylic acids is 1. The molecule has 6 nitrogen and oxygen atoms in total. The van der Waals surface area contributed by atoms with Crippen LogP contribution < -0.4 is 10.8 Å². The molecule has 3 N–H and O–H groups in total. The summed E-state index contributed by atoms with van der Waals surface area (Å²) in [5.41, 5.74) is 2.16. The molecule has 82 valence electrons. The van der Waals surface area contributed by atoms with Crippen LogP contribution in [-0.2, 0) is 4.84 Å². The molecule has 0 bridgehead atoms. The number of hydrogen-bond acceptors (Lipinski definition) is 4. The molecular weight excluding hydrogens is 220 g/mol. The minimum Gasteiger partial charge on any atom is -0.478 e. The smallest absolute Gasteiger partial charge is 0.343 e. The normalized spacial score (nSPS) is 9.67. The minimum atomic E-state index is -1.08. The third kappa shape index (κ3) is 3.22. The van der Waals surface area contributed by atoms with Gasteiger partial charge in [0.25, 0.3) is 0 Å². The maximum Gasteiger partial charge on any atom is 0.343 e. The van der Waals surface area contributed by atoms with Crippen LogP contribution in [0.4, 0.5) is 9.80 Å². The second-order valence-corrected chi connectivity index (χ2v) is 3.37. The van der Waals surface area contributed by atoms with Gasteiger partial charge < -0.3 is 5.11 Å². The van der Waals surface area contributed by atoms with E-state index in [1.807, 2.05) is 0 Å². The van der Waals surface area contributed by atoms with Crippen LogP contribution in [0.5, 0.6) is 0 Å². The summed E-state index contributed by atoms with van der Waals surface area (Å²) in [4.78, 5) is 26.4. The standard InChI is InChI=1S/C8H10N2O4S/c1-2-14-10-8(13)9-6-5(7(11)12)3-4-15-6/h3-4H,2H2,1H3,(H,11,12)(H2,9,10,13). The first-order valence-electron chi connectivity index (χ1n) is 4.14. The Hall–Kier alpha value is -1.60. The monoisotopic (exact) mass is 230 g/mol. The Bertz CT molecular complexity index is 363. The van der Waals surface area contributed by atoms with Gasteiger partial charge in [0.2, 0.25) is 0 Å². The zero-order valence-corrected chi connectivity index (χ0v) is 8.76. The number of rotatable bonds is 4. The molecule has 2 amide bonds. The molecule has 1 heterocycles. The maximum absolute atomic E-state index is 11.1. The number of carbonyl (C=O) groups is 2. The Morgan fingerprint density at radius 2 is 2.33 bits per heavy atom. The molecule has 1 rings (SSSR count). The van der Waals surface area contributed by atoms with Crippen molar-refractivity contribution in [1.82, 2.24) is 5.48 Å². The van der Waals surface area contributed by atoms with Gasteiger partial charge in [0.1, 0.15) is 5.00 Å². The van der Waals surface area contributed by atoms with Gasteiger partial charge in [0.15, 0.2) is 0 Å². The van der Waals surface area contributed by atoms with Gasteiger partial charge in [-0.15, -0.1) is 11.3 Å². The van der Waals surface area contributed by atoms with Gasteiger partial charge in [-0.3, -0.25) is 10.2 Å². The first-order chi connectivity index (χ1) is 7.15. The Morgan fingerprint density at radius 1 is 1.60 bits per heavy atom. The zero-order valence-electron chi connectivity index (χ0n) is 7.94. The van der Waals surface area contributed by atoms with E-state index in [4.69, 9.17) is 5.11 Å². The van der Waals surface area contributed by atoms with E-state index in [1.54, 1.807) is 12.3 Å². The number of hydrogen-bond donors (Lipinski definition) is 3. The van der Waals surface area contributed by atoms with Crippen LogP contribution in [0.25, 0.3) is 0 Å². The average molecular weight is 230 g/mol. The number of amides is 2. The highest BCUT2D eigenvalue weighted by atomic mass is 32.1. The van der Waals surface area contributed by atoms with Crippen molar-refractivity contribution in [3.8, 4) is 0 Å². The van der Waals surface area contributed by atoms with E-state index >= 15 is 0 Å². The summed E-state index contributed by atoms with van der Waals surface area (Å²) >= 11 is 1.13. The molecule has 15 heavy (non-hydrogen) atoms. The Kier molecular flexibility index (Phi) is 4.07. The van der Waals surface area contributed by atoms with Crippen molar-refractivity contribution >= 4 is 28.3 Å². The number of urea groups is 1. The number of anilines is 1. The molecule has 0 atom stereocenters. The lowest BCUT2D eigenvalue weighted by Gasteiger charge is -2.05. The highest BCUT2D eigenvalue weighted by molar-refractivity contribution is 7.14. The SMILES string of the molecule is CCONC(=O)Nc1sccc1C(=O)O. The van der Waals surface area contributed by atoms with E-state index in [9.17, 15) is 9.59 Å². The molecule has 0 aliphatic carbocycles. The summed E-state index contributed by atoms with van der Waals surface area (Å²) in [6, 6.07) is 0.824. The molecule has 1 aromatic rings. The molecule has 0 fully saturated rings. The first kappa shape index (κ1) is 11.5. The number of hydroxylamine groups is 1. The van der Waals surface area contributed by atoms with Crippen molar-refractivity contribution in [3.05, 3.63) is 17.0 Å². The number of carbonyl (C=O) groups excluding carboxylic acids is 1. The van der Waals surface area contributed by atoms with Crippen LogP contribution in [0, 0.1) is 0 Å². The summed E-state index contributed by atoms with van der Waals surface area (Å²) in [5, 5.41) is 13.0. The topological polar surface area (TPSA) is 87.7 Å². The van der Waals surface area contributed by atoms with Gasteiger partial charge in [0, 0.05) is 0 Å². The molecule has 0 radical (unpaired) electrons. The molecule has 0 aliphatic rings. The molecule has 7 heteroatoms. The van der Waals surface area contributed by atoms with Crippen molar-refractivity contribution < 1.29 is 19.5 Å². The van der Waals surface area contributed by atoms with Crippen LogP contribution in [0.3, 0.4) is 0 Å². The zero-order chi connectivity index (χ0) is 11.3. The van der Waals surface area contributed by atoms with Crippen LogP contribution in [0.2, 0.25) is 0 Å². The van der Waals surface area contributed by atoms with Crippen LogP contribution >= 0.6 is 11.3 Å². The third-order valence-electron chi connectivity index (χ3n) is 1.43. The predicted molar refractivity (Wildman–Crippen MR) is 55.1 cm³/mol. The molecule has 0 aromatic carbocycles. The number of nitrogens with one attached hydrogen (secondary N) is 2. The van der Waals surface area contributed by atoms with Gasteiger partial charge in [-0.25, -0.2) is 15.1 Å². The second kappa shape index (κ2) is 5.32. The molecule has 0 spiro atoms. The summed E-state index contributed by atoms with van der Waals surface area (Å²) in [7, 11) is 0. The van der Waals surface area contributed by atoms with Crippen LogP contribution in [0.1, 0.15) is 17.3 Å². The number of carboxylic acids is 1. The molecule has 0 aliphatic heterocycles.